The van der Waals surface area contributed by atoms with Gasteiger partial charge < -0.3 is 15.1 Å². The Balaban J connectivity index is 1.52. The molecule has 0 spiro atoms. The van der Waals surface area contributed by atoms with Gasteiger partial charge in [0.2, 0.25) is 5.91 Å². The molecule has 4 nitrogen and oxygen atoms in total. The normalized spacial score (nSPS) is 46.9. The van der Waals surface area contributed by atoms with Gasteiger partial charge in [-0.25, -0.2) is 0 Å². The molecular weight excluding hydrogens is 398 g/mol. The fourth-order valence-corrected chi connectivity index (χ4v) is 9.10. The topological polar surface area (TPSA) is 60.8 Å². The van der Waals surface area contributed by atoms with Crippen molar-refractivity contribution in [3.8, 4) is 0 Å². The number of aliphatic hydroxyl groups is 2. The Morgan fingerprint density at radius 3 is 2.44 bits per heavy atom. The van der Waals surface area contributed by atoms with Crippen LogP contribution in [0.2, 0.25) is 0 Å². The number of hydrogen-bond acceptors (Lipinski definition) is 3. The zero-order valence-corrected chi connectivity index (χ0v) is 21.1. The van der Waals surface area contributed by atoms with Crippen molar-refractivity contribution in [1.29, 1.82) is 0 Å². The third-order valence-corrected chi connectivity index (χ3v) is 11.1. The van der Waals surface area contributed by atoms with Gasteiger partial charge in [0.25, 0.3) is 0 Å². The first kappa shape index (κ1) is 24.3. The molecule has 0 aromatic rings. The predicted octanol–water partition coefficient (Wildman–Crippen LogP) is 5.04. The van der Waals surface area contributed by atoms with Crippen LogP contribution in [0.3, 0.4) is 0 Å². The van der Waals surface area contributed by atoms with Gasteiger partial charge in [0.15, 0.2) is 0 Å². The van der Waals surface area contributed by atoms with Gasteiger partial charge in [0.05, 0.1) is 12.2 Å². The largest absolute Gasteiger partial charge is 0.393 e. The van der Waals surface area contributed by atoms with Gasteiger partial charge in [-0.2, -0.15) is 0 Å². The summed E-state index contributed by atoms with van der Waals surface area (Å²) in [5.41, 5.74) is 0.227. The quantitative estimate of drug-likeness (QED) is 0.583. The molecule has 4 fully saturated rings. The number of rotatable bonds is 5. The summed E-state index contributed by atoms with van der Waals surface area (Å²) >= 11 is 0. The molecule has 0 radical (unpaired) electrons. The van der Waals surface area contributed by atoms with Gasteiger partial charge in [-0.1, -0.05) is 26.8 Å². The maximum absolute atomic E-state index is 12.5. The number of carbonyl (C=O) groups is 1. The van der Waals surface area contributed by atoms with Crippen LogP contribution < -0.4 is 0 Å². The third-order valence-electron chi connectivity index (χ3n) is 11.1. The molecule has 0 aromatic heterocycles. The van der Waals surface area contributed by atoms with E-state index in [0.29, 0.717) is 35.5 Å². The summed E-state index contributed by atoms with van der Waals surface area (Å²) in [7, 11) is 0. The van der Waals surface area contributed by atoms with Crippen LogP contribution in [-0.2, 0) is 4.79 Å². The lowest BCUT2D eigenvalue weighted by Gasteiger charge is -2.62. The van der Waals surface area contributed by atoms with Gasteiger partial charge in [0, 0.05) is 13.1 Å². The van der Waals surface area contributed by atoms with Crippen molar-refractivity contribution < 1.29 is 15.0 Å². The van der Waals surface area contributed by atoms with Crippen LogP contribution in [0.4, 0.5) is 0 Å². The first-order chi connectivity index (χ1) is 15.2. The number of aliphatic hydroxyl groups excluding tert-OH is 2. The highest BCUT2D eigenvalue weighted by Crippen LogP contribution is 2.68. The van der Waals surface area contributed by atoms with Crippen molar-refractivity contribution in [2.45, 2.75) is 98.2 Å². The molecule has 182 valence electrons. The highest BCUT2D eigenvalue weighted by Gasteiger charge is 2.63. The standard InChI is InChI=1S/C28H47NO3/c1-6-29(7-2)26(32)13-8-18(3)22-11-12-23-21-10-9-19-16-20(30)14-15-27(19,4)24(21)17-25(31)28(22,23)5/h8,13,18-25,30-31H,6-7,9-12,14-17H2,1-5H3/b13-8+/t18-,19-,20-,21+,22-,23+,24+,25+,27+,28-/m1/s1. The number of fused-ring (bicyclic) bond motifs is 5. The SMILES string of the molecule is CCN(CC)C(=O)/C=C/[C@@H](C)[C@H]1CC[C@H]2[C@@H]3CC[C@@H]4C[C@H](O)CC[C@]4(C)[C@H]3C[C@H](O)[C@]12C. The van der Waals surface area contributed by atoms with Crippen molar-refractivity contribution in [3.63, 3.8) is 0 Å². The summed E-state index contributed by atoms with van der Waals surface area (Å²) in [6, 6.07) is 0. The lowest BCUT2D eigenvalue weighted by molar-refractivity contribution is -0.173. The number of nitrogens with zero attached hydrogens (tertiary/aromatic N) is 1. The Morgan fingerprint density at radius 1 is 1.03 bits per heavy atom. The van der Waals surface area contributed by atoms with Crippen molar-refractivity contribution >= 4 is 5.91 Å². The third kappa shape index (κ3) is 3.78. The predicted molar refractivity (Wildman–Crippen MR) is 129 cm³/mol. The lowest BCUT2D eigenvalue weighted by Crippen LogP contribution is -2.58. The van der Waals surface area contributed by atoms with E-state index < -0.39 is 0 Å². The minimum atomic E-state index is -0.266. The van der Waals surface area contributed by atoms with E-state index in [1.54, 1.807) is 6.08 Å². The van der Waals surface area contributed by atoms with E-state index >= 15 is 0 Å². The average Bonchev–Trinajstić information content (AvgIpc) is 3.13. The molecule has 4 saturated carbocycles. The molecule has 2 N–H and O–H groups in total. The van der Waals surface area contributed by atoms with Crippen LogP contribution in [0, 0.1) is 46.3 Å². The molecule has 0 bridgehead atoms. The Labute approximate surface area is 195 Å². The molecule has 32 heavy (non-hydrogen) atoms. The summed E-state index contributed by atoms with van der Waals surface area (Å²) in [5.74, 6) is 3.34. The zero-order valence-electron chi connectivity index (χ0n) is 21.1. The number of hydrogen-bond donors (Lipinski definition) is 2. The van der Waals surface area contributed by atoms with E-state index in [0.717, 1.165) is 45.2 Å². The second kappa shape index (κ2) is 9.06. The molecule has 10 atom stereocenters. The van der Waals surface area contributed by atoms with Gasteiger partial charge in [-0.15, -0.1) is 0 Å². The minimum absolute atomic E-state index is 0.0550. The Bertz CT molecular complexity index is 717. The molecular formula is C28H47NO3. The van der Waals surface area contributed by atoms with Gasteiger partial charge >= 0.3 is 0 Å². The van der Waals surface area contributed by atoms with E-state index in [1.807, 2.05) is 18.7 Å². The number of amides is 1. The van der Waals surface area contributed by atoms with Gasteiger partial charge in [-0.3, -0.25) is 4.79 Å². The van der Waals surface area contributed by atoms with E-state index in [-0.39, 0.29) is 28.9 Å². The summed E-state index contributed by atoms with van der Waals surface area (Å²) in [4.78, 5) is 14.4. The van der Waals surface area contributed by atoms with Gasteiger partial charge in [-0.05, 0) is 118 Å². The average molecular weight is 446 g/mol. The molecule has 4 rings (SSSR count). The highest BCUT2D eigenvalue weighted by molar-refractivity contribution is 5.87. The maximum atomic E-state index is 12.5. The lowest BCUT2D eigenvalue weighted by atomic mass is 9.43. The molecule has 0 aromatic carbocycles. The fraction of sp³-hybridized carbons (Fsp3) is 0.893. The van der Waals surface area contributed by atoms with Crippen LogP contribution in [-0.4, -0.2) is 46.3 Å². The van der Waals surface area contributed by atoms with Gasteiger partial charge in [0.1, 0.15) is 0 Å². The minimum Gasteiger partial charge on any atom is -0.393 e. The molecule has 0 saturated heterocycles. The summed E-state index contributed by atoms with van der Waals surface area (Å²) < 4.78 is 0. The smallest absolute Gasteiger partial charge is 0.246 e. The van der Waals surface area contributed by atoms with Crippen LogP contribution >= 0.6 is 0 Å². The van der Waals surface area contributed by atoms with Crippen molar-refractivity contribution in [2.24, 2.45) is 46.3 Å². The van der Waals surface area contributed by atoms with E-state index in [9.17, 15) is 15.0 Å². The Hall–Kier alpha value is -0.870. The van der Waals surface area contributed by atoms with Crippen LogP contribution in [0.15, 0.2) is 12.2 Å². The first-order valence-corrected chi connectivity index (χ1v) is 13.5. The summed E-state index contributed by atoms with van der Waals surface area (Å²) in [5, 5.41) is 21.9. The second-order valence-corrected chi connectivity index (χ2v) is 12.1. The molecule has 4 aliphatic carbocycles. The number of likely N-dealkylation sites (N-methyl/N-ethyl adjacent to an activating group) is 1. The van der Waals surface area contributed by atoms with Crippen molar-refractivity contribution in [3.05, 3.63) is 12.2 Å². The van der Waals surface area contributed by atoms with Crippen LogP contribution in [0.1, 0.15) is 86.0 Å². The Morgan fingerprint density at radius 2 is 1.75 bits per heavy atom. The molecule has 0 unspecified atom stereocenters. The zero-order chi connectivity index (χ0) is 23.3. The molecule has 4 aliphatic rings. The first-order valence-electron chi connectivity index (χ1n) is 13.5. The van der Waals surface area contributed by atoms with E-state index in [1.165, 1.54) is 19.3 Å². The fourth-order valence-electron chi connectivity index (χ4n) is 9.10. The summed E-state index contributed by atoms with van der Waals surface area (Å²) in [6.07, 6.45) is 12.3. The van der Waals surface area contributed by atoms with Crippen molar-refractivity contribution in [1.82, 2.24) is 4.90 Å². The van der Waals surface area contributed by atoms with E-state index in [4.69, 9.17) is 0 Å². The monoisotopic (exact) mass is 445 g/mol. The number of carbonyl (C=O) groups excluding carboxylic acids is 1. The molecule has 1 amide bonds. The molecule has 0 heterocycles. The summed E-state index contributed by atoms with van der Waals surface area (Å²) in [6.45, 7) is 12.6. The van der Waals surface area contributed by atoms with Crippen molar-refractivity contribution in [2.75, 3.05) is 13.1 Å². The van der Waals surface area contributed by atoms with E-state index in [2.05, 4.69) is 26.8 Å². The highest BCUT2D eigenvalue weighted by atomic mass is 16.3. The Kier molecular flexibility index (Phi) is 6.87. The molecule has 4 heteroatoms. The second-order valence-electron chi connectivity index (χ2n) is 12.1. The molecule has 0 aliphatic heterocycles. The maximum Gasteiger partial charge on any atom is 0.246 e. The van der Waals surface area contributed by atoms with Crippen LogP contribution in [0.25, 0.3) is 0 Å². The van der Waals surface area contributed by atoms with Crippen LogP contribution in [0.5, 0.6) is 0 Å². The number of allylic oxidation sites excluding steroid dienone is 1.